The molecule has 0 aliphatic carbocycles. The number of sulfonamides is 1. The van der Waals surface area contributed by atoms with E-state index in [4.69, 9.17) is 27.9 Å². The van der Waals surface area contributed by atoms with E-state index in [1.54, 1.807) is 12.1 Å². The van der Waals surface area contributed by atoms with Gasteiger partial charge in [0.05, 0.1) is 33.3 Å². The lowest BCUT2D eigenvalue weighted by Crippen LogP contribution is -2.32. The molecule has 1 amide bonds. The zero-order valence-electron chi connectivity index (χ0n) is 16.0. The van der Waals surface area contributed by atoms with Gasteiger partial charge in [0, 0.05) is 13.1 Å². The Bertz CT molecular complexity index is 1000. The number of hydrogen-bond acceptors (Lipinski definition) is 4. The van der Waals surface area contributed by atoms with Crippen molar-refractivity contribution in [1.82, 2.24) is 4.31 Å². The van der Waals surface area contributed by atoms with Crippen LogP contribution in [0.3, 0.4) is 0 Å². The molecule has 6 nitrogen and oxygen atoms in total. The van der Waals surface area contributed by atoms with Crippen molar-refractivity contribution in [2.24, 2.45) is 0 Å². The molecule has 0 bridgehead atoms. The minimum Gasteiger partial charge on any atom is -0.495 e. The van der Waals surface area contributed by atoms with Crippen molar-refractivity contribution in [3.8, 4) is 5.75 Å². The average molecular weight is 457 g/mol. The maximum absolute atomic E-state index is 13.1. The Balaban J connectivity index is 1.93. The van der Waals surface area contributed by atoms with Gasteiger partial charge in [-0.25, -0.2) is 8.42 Å². The minimum absolute atomic E-state index is 0.104. The second-order valence-corrected chi connectivity index (χ2v) is 9.46. The summed E-state index contributed by atoms with van der Waals surface area (Å²) >= 11 is 12.1. The summed E-state index contributed by atoms with van der Waals surface area (Å²) in [4.78, 5) is 12.8. The van der Waals surface area contributed by atoms with Gasteiger partial charge in [-0.2, -0.15) is 4.31 Å². The van der Waals surface area contributed by atoms with Crippen LogP contribution in [0, 0.1) is 0 Å². The molecular weight excluding hydrogens is 435 g/mol. The van der Waals surface area contributed by atoms with Crippen molar-refractivity contribution in [3.63, 3.8) is 0 Å². The Hall–Kier alpha value is -1.80. The summed E-state index contributed by atoms with van der Waals surface area (Å²) < 4.78 is 32.9. The molecule has 2 aromatic rings. The molecule has 0 unspecified atom stereocenters. The number of hydrogen-bond donors (Lipinski definition) is 1. The Labute approximate surface area is 180 Å². The molecule has 0 spiro atoms. The van der Waals surface area contributed by atoms with Crippen LogP contribution < -0.4 is 10.1 Å². The van der Waals surface area contributed by atoms with Crippen LogP contribution in [0.5, 0.6) is 5.75 Å². The van der Waals surface area contributed by atoms with Gasteiger partial charge in [-0.05, 0) is 43.2 Å². The highest BCUT2D eigenvalue weighted by atomic mass is 35.5. The van der Waals surface area contributed by atoms with Gasteiger partial charge in [0.15, 0.2) is 0 Å². The van der Waals surface area contributed by atoms with Crippen LogP contribution in [0.25, 0.3) is 0 Å². The SMILES string of the molecule is COc1ccc(S(=O)(=O)N2CCCCCC2)cc1NC(=O)c1cccc(Cl)c1Cl. The van der Waals surface area contributed by atoms with Gasteiger partial charge in [0.2, 0.25) is 10.0 Å². The summed E-state index contributed by atoms with van der Waals surface area (Å²) in [5.41, 5.74) is 0.423. The van der Waals surface area contributed by atoms with Gasteiger partial charge in [-0.15, -0.1) is 0 Å². The van der Waals surface area contributed by atoms with Crippen LogP contribution in [0.15, 0.2) is 41.3 Å². The maximum Gasteiger partial charge on any atom is 0.257 e. The number of nitrogens with one attached hydrogen (secondary N) is 1. The number of halogens is 2. The second kappa shape index (κ2) is 9.34. The summed E-state index contributed by atoms with van der Waals surface area (Å²) in [6.45, 7) is 0.988. The van der Waals surface area contributed by atoms with E-state index in [2.05, 4.69) is 5.32 Å². The summed E-state index contributed by atoms with van der Waals surface area (Å²) in [5, 5.41) is 3.06. The molecule has 1 heterocycles. The molecule has 0 aromatic heterocycles. The number of nitrogens with zero attached hydrogens (tertiary/aromatic N) is 1. The van der Waals surface area contributed by atoms with Gasteiger partial charge >= 0.3 is 0 Å². The topological polar surface area (TPSA) is 75.7 Å². The molecule has 29 heavy (non-hydrogen) atoms. The minimum atomic E-state index is -3.67. The smallest absolute Gasteiger partial charge is 0.257 e. The normalized spacial score (nSPS) is 15.6. The Morgan fingerprint density at radius 1 is 1.07 bits per heavy atom. The number of benzene rings is 2. The van der Waals surface area contributed by atoms with Crippen molar-refractivity contribution in [2.45, 2.75) is 30.6 Å². The van der Waals surface area contributed by atoms with Crippen LogP contribution in [0.2, 0.25) is 10.0 Å². The Kier molecular flexibility index (Phi) is 7.05. The van der Waals surface area contributed by atoms with Crippen LogP contribution in [0.1, 0.15) is 36.0 Å². The predicted molar refractivity (Wildman–Crippen MR) is 115 cm³/mol. The van der Waals surface area contributed by atoms with E-state index >= 15 is 0 Å². The maximum atomic E-state index is 13.1. The van der Waals surface area contributed by atoms with Crippen LogP contribution in [0.4, 0.5) is 5.69 Å². The molecule has 2 aromatic carbocycles. The van der Waals surface area contributed by atoms with E-state index in [1.165, 1.54) is 35.7 Å². The number of anilines is 1. The predicted octanol–water partition coefficient (Wildman–Crippen LogP) is 4.82. The third kappa shape index (κ3) is 4.86. The van der Waals surface area contributed by atoms with E-state index in [0.717, 1.165) is 25.7 Å². The van der Waals surface area contributed by atoms with Crippen LogP contribution in [-0.4, -0.2) is 38.8 Å². The first kappa shape index (κ1) is 21.9. The standard InChI is InChI=1S/C20H22Cl2N2O4S/c1-28-18-10-9-14(29(26,27)24-11-4-2-3-5-12-24)13-17(18)23-20(25)15-7-6-8-16(21)19(15)22/h6-10,13H,2-5,11-12H2,1H3,(H,23,25). The number of amides is 1. The summed E-state index contributed by atoms with van der Waals surface area (Å²) in [5.74, 6) is -0.175. The van der Waals surface area contributed by atoms with Gasteiger partial charge in [-0.3, -0.25) is 4.79 Å². The molecule has 1 saturated heterocycles. The third-order valence-corrected chi connectivity index (χ3v) is 7.53. The average Bonchev–Trinajstić information content (AvgIpc) is 3.00. The van der Waals surface area contributed by atoms with E-state index in [0.29, 0.717) is 18.8 Å². The summed E-state index contributed by atoms with van der Waals surface area (Å²) in [6, 6.07) is 9.15. The molecule has 0 radical (unpaired) electrons. The molecule has 1 fully saturated rings. The van der Waals surface area contributed by atoms with Gasteiger partial charge in [0.1, 0.15) is 5.75 Å². The van der Waals surface area contributed by atoms with E-state index in [9.17, 15) is 13.2 Å². The summed E-state index contributed by atoms with van der Waals surface area (Å²) in [7, 11) is -2.22. The number of carbonyl (C=O) groups is 1. The van der Waals surface area contributed by atoms with Crippen molar-refractivity contribution in [2.75, 3.05) is 25.5 Å². The second-order valence-electron chi connectivity index (χ2n) is 6.74. The molecule has 0 atom stereocenters. The van der Waals surface area contributed by atoms with Crippen LogP contribution >= 0.6 is 23.2 Å². The zero-order valence-corrected chi connectivity index (χ0v) is 18.3. The number of ether oxygens (including phenoxy) is 1. The largest absolute Gasteiger partial charge is 0.495 e. The summed E-state index contributed by atoms with van der Waals surface area (Å²) in [6.07, 6.45) is 3.73. The van der Waals surface area contributed by atoms with E-state index in [-0.39, 0.29) is 26.2 Å². The molecular formula is C20H22Cl2N2O4S. The molecule has 1 N–H and O–H groups in total. The van der Waals surface area contributed by atoms with Crippen molar-refractivity contribution in [1.29, 1.82) is 0 Å². The van der Waals surface area contributed by atoms with Crippen molar-refractivity contribution in [3.05, 3.63) is 52.0 Å². The van der Waals surface area contributed by atoms with Crippen LogP contribution in [-0.2, 0) is 10.0 Å². The Morgan fingerprint density at radius 3 is 2.41 bits per heavy atom. The molecule has 9 heteroatoms. The monoisotopic (exact) mass is 456 g/mol. The third-order valence-electron chi connectivity index (χ3n) is 4.82. The number of methoxy groups -OCH3 is 1. The van der Waals surface area contributed by atoms with Crippen molar-refractivity contribution < 1.29 is 17.9 Å². The van der Waals surface area contributed by atoms with E-state index < -0.39 is 15.9 Å². The lowest BCUT2D eigenvalue weighted by molar-refractivity contribution is 0.102. The lowest BCUT2D eigenvalue weighted by Gasteiger charge is -2.21. The van der Waals surface area contributed by atoms with Gasteiger partial charge < -0.3 is 10.1 Å². The fourth-order valence-electron chi connectivity index (χ4n) is 3.25. The van der Waals surface area contributed by atoms with Crippen molar-refractivity contribution >= 4 is 44.8 Å². The highest BCUT2D eigenvalue weighted by Gasteiger charge is 2.26. The van der Waals surface area contributed by atoms with E-state index in [1.807, 2.05) is 0 Å². The number of rotatable bonds is 5. The lowest BCUT2D eigenvalue weighted by atomic mass is 10.2. The first-order valence-electron chi connectivity index (χ1n) is 9.28. The molecule has 0 saturated carbocycles. The van der Waals surface area contributed by atoms with Gasteiger partial charge in [0.25, 0.3) is 5.91 Å². The highest BCUT2D eigenvalue weighted by Crippen LogP contribution is 2.31. The molecule has 1 aliphatic heterocycles. The molecule has 1 aliphatic rings. The first-order valence-corrected chi connectivity index (χ1v) is 11.5. The molecule has 156 valence electrons. The highest BCUT2D eigenvalue weighted by molar-refractivity contribution is 7.89. The fraction of sp³-hybridized carbons (Fsp3) is 0.350. The zero-order chi connectivity index (χ0) is 21.0. The van der Waals surface area contributed by atoms with Gasteiger partial charge in [-0.1, -0.05) is 42.1 Å². The Morgan fingerprint density at radius 2 is 1.76 bits per heavy atom. The quantitative estimate of drug-likeness (QED) is 0.699. The fourth-order valence-corrected chi connectivity index (χ4v) is 5.18. The molecule has 3 rings (SSSR count). The first-order chi connectivity index (χ1) is 13.8. The number of carbonyl (C=O) groups excluding carboxylic acids is 1.